The van der Waals surface area contributed by atoms with E-state index >= 15 is 0 Å². The maximum absolute atomic E-state index is 10.5. The summed E-state index contributed by atoms with van der Waals surface area (Å²) in [4.78, 5) is 0. The van der Waals surface area contributed by atoms with Gasteiger partial charge >= 0.3 is 13.1 Å². The molecule has 0 aromatic carbocycles. The van der Waals surface area contributed by atoms with Crippen LogP contribution in [0.4, 0.5) is 26.1 Å². The summed E-state index contributed by atoms with van der Waals surface area (Å²) in [5.74, 6) is 0. The number of halogens is 6. The number of hydrogen-bond acceptors (Lipinski definition) is 1. The molecule has 0 unspecified atom stereocenters. The minimum absolute atomic E-state index is 0.913. The number of likely N-dealkylation sites (tertiary alicyclic amines) is 1. The molecular formula is C9H18BF6NO. The van der Waals surface area contributed by atoms with Crippen LogP contribution in [0.2, 0.25) is 0 Å². The van der Waals surface area contributed by atoms with Gasteiger partial charge in [0.15, 0.2) is 0 Å². The molecule has 1 saturated heterocycles. The molecule has 0 aromatic heterocycles. The van der Waals surface area contributed by atoms with Gasteiger partial charge in [0.2, 0.25) is 0 Å². The molecule has 1 fully saturated rings. The predicted octanol–water partition coefficient (Wildman–Crippen LogP) is 2.81. The fourth-order valence-corrected chi connectivity index (χ4v) is 1.63. The summed E-state index contributed by atoms with van der Waals surface area (Å²) < 4.78 is 69.2. The number of ether oxygens (including phenoxy) is 1. The first kappa shape index (κ1) is 17.6. The summed E-state index contributed by atoms with van der Waals surface area (Å²) in [6, 6.07) is 0. The second kappa shape index (κ2) is 6.65. The molecule has 0 radical (unpaired) electrons. The van der Waals surface area contributed by atoms with E-state index in [2.05, 4.69) is 7.05 Å². The molecule has 2 nitrogen and oxygen atoms in total. The molecule has 0 aliphatic carbocycles. The maximum Gasteiger partial charge on any atom is 0.583 e. The Morgan fingerprint density at radius 1 is 1.11 bits per heavy atom. The highest BCUT2D eigenvalue weighted by molar-refractivity contribution is 6.60. The van der Waals surface area contributed by atoms with Gasteiger partial charge in [0.05, 0.1) is 26.7 Å². The molecule has 0 atom stereocenters. The van der Waals surface area contributed by atoms with E-state index < -0.39 is 13.1 Å². The monoisotopic (exact) mass is 281 g/mol. The number of nitrogens with zero attached hydrogens (tertiary/aromatic N) is 1. The minimum Gasteiger partial charge on any atom is -0.443 e. The van der Waals surface area contributed by atoms with E-state index in [1.807, 2.05) is 0 Å². The quantitative estimate of drug-likeness (QED) is 0.439. The van der Waals surface area contributed by atoms with Crippen LogP contribution in [0.3, 0.4) is 0 Å². The van der Waals surface area contributed by atoms with E-state index in [-0.39, 0.29) is 0 Å². The predicted molar refractivity (Wildman–Crippen MR) is 57.0 cm³/mol. The summed E-state index contributed by atoms with van der Waals surface area (Å²) in [7, 11) is 4.11. The highest BCUT2D eigenvalue weighted by Crippen LogP contribution is 2.31. The second-order valence-electron chi connectivity index (χ2n) is 4.61. The third kappa shape index (κ3) is 6.48. The van der Waals surface area contributed by atoms with Crippen molar-refractivity contribution in [2.75, 3.05) is 40.4 Å². The van der Waals surface area contributed by atoms with Gasteiger partial charge < -0.3 is 22.2 Å². The Bertz CT molecular complexity index is 224. The van der Waals surface area contributed by atoms with E-state index in [1.54, 1.807) is 7.11 Å². The smallest absolute Gasteiger partial charge is 0.443 e. The minimum atomic E-state index is -6.65. The second-order valence-corrected chi connectivity index (χ2v) is 4.61. The Kier molecular flexibility index (Phi) is 6.49. The first-order chi connectivity index (χ1) is 8.02. The Morgan fingerprint density at radius 2 is 1.50 bits per heavy atom. The van der Waals surface area contributed by atoms with Crippen molar-refractivity contribution in [1.29, 1.82) is 0 Å². The van der Waals surface area contributed by atoms with Crippen LogP contribution in [-0.4, -0.2) is 57.9 Å². The largest absolute Gasteiger partial charge is 0.583 e. The summed E-state index contributed by atoms with van der Waals surface area (Å²) in [5, 5.41) is 0. The average molecular weight is 281 g/mol. The van der Waals surface area contributed by atoms with E-state index in [4.69, 9.17) is 4.74 Å². The van der Waals surface area contributed by atoms with Crippen LogP contribution in [0, 0.1) is 0 Å². The summed E-state index contributed by atoms with van der Waals surface area (Å²) in [5.41, 5.74) is 0. The number of methoxy groups -OCH3 is 1. The van der Waals surface area contributed by atoms with Crippen LogP contribution in [0.5, 0.6) is 0 Å². The fraction of sp³-hybridized carbons (Fsp3) is 1.00. The van der Waals surface area contributed by atoms with Crippen molar-refractivity contribution in [2.45, 2.75) is 18.9 Å². The fourth-order valence-electron chi connectivity index (χ4n) is 1.63. The van der Waals surface area contributed by atoms with Crippen molar-refractivity contribution in [2.24, 2.45) is 0 Å². The Balaban J connectivity index is 0.000000331. The first-order valence-electron chi connectivity index (χ1n) is 5.60. The normalized spacial score (nSPS) is 19.3. The molecule has 1 heterocycles. The Labute approximate surface area is 103 Å². The molecular weight excluding hydrogens is 263 g/mol. The van der Waals surface area contributed by atoms with Gasteiger partial charge in [-0.1, -0.05) is 0 Å². The Hall–Kier alpha value is -0.435. The van der Waals surface area contributed by atoms with Crippen molar-refractivity contribution >= 4 is 6.98 Å². The summed E-state index contributed by atoms with van der Waals surface area (Å²) in [6.07, 6.45) is -3.19. The molecule has 0 saturated carbocycles. The average Bonchev–Trinajstić information content (AvgIpc) is 2.61. The standard InChI is InChI=1S/C8H18NO.CBF6/c1-9(7-8-10-2)5-3-4-6-9;3-1(4,5)2(6,7)8/h3-8H2,1-2H3;/q+1;-1. The van der Waals surface area contributed by atoms with Crippen molar-refractivity contribution < 1.29 is 35.3 Å². The lowest BCUT2D eigenvalue weighted by atomic mass is 9.92. The molecule has 0 amide bonds. The van der Waals surface area contributed by atoms with Gasteiger partial charge in [-0.2, -0.15) is 0 Å². The van der Waals surface area contributed by atoms with Gasteiger partial charge in [-0.05, 0) is 0 Å². The molecule has 0 spiro atoms. The van der Waals surface area contributed by atoms with E-state index in [0.29, 0.717) is 0 Å². The number of hydrogen-bond donors (Lipinski definition) is 0. The van der Waals surface area contributed by atoms with Gasteiger partial charge in [-0.15, -0.1) is 0 Å². The van der Waals surface area contributed by atoms with Crippen LogP contribution in [0.25, 0.3) is 0 Å². The van der Waals surface area contributed by atoms with Gasteiger partial charge in [0, 0.05) is 20.0 Å². The molecule has 9 heteroatoms. The third-order valence-electron chi connectivity index (χ3n) is 2.85. The lowest BCUT2D eigenvalue weighted by Gasteiger charge is -2.28. The van der Waals surface area contributed by atoms with Crippen molar-refractivity contribution in [3.8, 4) is 0 Å². The van der Waals surface area contributed by atoms with Crippen LogP contribution in [-0.2, 0) is 4.74 Å². The van der Waals surface area contributed by atoms with Gasteiger partial charge in [0.25, 0.3) is 0 Å². The highest BCUT2D eigenvalue weighted by atomic mass is 19.4. The van der Waals surface area contributed by atoms with Crippen molar-refractivity contribution in [3.63, 3.8) is 0 Å². The molecule has 0 N–H and O–H groups in total. The molecule has 1 aliphatic heterocycles. The number of likely N-dealkylation sites (N-methyl/N-ethyl adjacent to an activating group) is 1. The van der Waals surface area contributed by atoms with Crippen molar-refractivity contribution in [1.82, 2.24) is 0 Å². The molecule has 1 aliphatic rings. The zero-order chi connectivity index (χ0) is 14.4. The van der Waals surface area contributed by atoms with E-state index in [9.17, 15) is 26.1 Å². The van der Waals surface area contributed by atoms with E-state index in [0.717, 1.165) is 6.61 Å². The van der Waals surface area contributed by atoms with Gasteiger partial charge in [-0.25, -0.2) is 13.2 Å². The van der Waals surface area contributed by atoms with Crippen LogP contribution < -0.4 is 0 Å². The third-order valence-corrected chi connectivity index (χ3v) is 2.85. The van der Waals surface area contributed by atoms with Crippen LogP contribution in [0.1, 0.15) is 12.8 Å². The number of rotatable bonds is 3. The topological polar surface area (TPSA) is 9.23 Å². The molecule has 0 aromatic rings. The molecule has 110 valence electrons. The highest BCUT2D eigenvalue weighted by Gasteiger charge is 2.53. The zero-order valence-corrected chi connectivity index (χ0v) is 10.4. The first-order valence-corrected chi connectivity index (χ1v) is 5.60. The van der Waals surface area contributed by atoms with Crippen LogP contribution >= 0.6 is 0 Å². The van der Waals surface area contributed by atoms with Crippen molar-refractivity contribution in [3.05, 3.63) is 0 Å². The SMILES string of the molecule is COCC[N+]1(C)CCCC1.F[B-](F)(F)C(F)(F)F. The molecule has 0 bridgehead atoms. The summed E-state index contributed by atoms with van der Waals surface area (Å²) >= 11 is 0. The van der Waals surface area contributed by atoms with E-state index in [1.165, 1.54) is 37.0 Å². The summed E-state index contributed by atoms with van der Waals surface area (Å²) in [6.45, 7) is -1.84. The van der Waals surface area contributed by atoms with Crippen LogP contribution in [0.15, 0.2) is 0 Å². The lowest BCUT2D eigenvalue weighted by Crippen LogP contribution is -2.43. The number of alkyl halides is 3. The zero-order valence-electron chi connectivity index (χ0n) is 10.4. The molecule has 18 heavy (non-hydrogen) atoms. The lowest BCUT2D eigenvalue weighted by molar-refractivity contribution is -0.897. The van der Waals surface area contributed by atoms with Gasteiger partial charge in [0.1, 0.15) is 6.54 Å². The number of quaternary nitrogens is 1. The molecule has 1 rings (SSSR count). The maximum atomic E-state index is 10.5. The Morgan fingerprint density at radius 3 is 1.78 bits per heavy atom. The van der Waals surface area contributed by atoms with Gasteiger partial charge in [-0.3, -0.25) is 0 Å².